The molecule has 0 radical (unpaired) electrons. The van der Waals surface area contributed by atoms with Crippen LogP contribution < -0.4 is 10.6 Å². The Morgan fingerprint density at radius 3 is 2.84 bits per heavy atom. The molecule has 2 heterocycles. The summed E-state index contributed by atoms with van der Waals surface area (Å²) < 4.78 is 1.77. The lowest BCUT2D eigenvalue weighted by Crippen LogP contribution is -2.52. The van der Waals surface area contributed by atoms with Gasteiger partial charge in [-0.15, -0.1) is 0 Å². The molecule has 0 unspecified atom stereocenters. The molecule has 1 aliphatic carbocycles. The minimum Gasteiger partial charge on any atom is -0.324 e. The van der Waals surface area contributed by atoms with Crippen molar-refractivity contribution in [3.63, 3.8) is 0 Å². The van der Waals surface area contributed by atoms with Gasteiger partial charge < -0.3 is 10.6 Å². The molecule has 1 aromatic heterocycles. The molecule has 4 rings (SSSR count). The summed E-state index contributed by atoms with van der Waals surface area (Å²) in [7, 11) is 0. The van der Waals surface area contributed by atoms with Gasteiger partial charge in [0.2, 0.25) is 0 Å². The number of amides is 1. The largest absolute Gasteiger partial charge is 0.324 e. The van der Waals surface area contributed by atoms with Crippen molar-refractivity contribution in [1.29, 1.82) is 0 Å². The van der Waals surface area contributed by atoms with Gasteiger partial charge in [0, 0.05) is 30.1 Å². The van der Waals surface area contributed by atoms with E-state index in [1.54, 1.807) is 10.9 Å². The van der Waals surface area contributed by atoms with E-state index in [0.717, 1.165) is 37.1 Å². The zero-order valence-electron chi connectivity index (χ0n) is 14.1. The molecule has 1 amide bonds. The molecule has 0 saturated carbocycles. The summed E-state index contributed by atoms with van der Waals surface area (Å²) >= 11 is 0. The quantitative estimate of drug-likeness (QED) is 0.899. The van der Waals surface area contributed by atoms with Crippen molar-refractivity contribution >= 4 is 17.4 Å². The highest BCUT2D eigenvalue weighted by atomic mass is 16.2. The van der Waals surface area contributed by atoms with E-state index in [0.29, 0.717) is 24.9 Å². The van der Waals surface area contributed by atoms with Crippen LogP contribution in [0.4, 0.5) is 5.69 Å². The number of carbonyl (C=O) groups excluding carboxylic acids is 2. The highest BCUT2D eigenvalue weighted by Crippen LogP contribution is 2.30. The molecule has 1 fully saturated rings. The number of aromatic nitrogens is 2. The number of nitrogens with one attached hydrogen (secondary N) is 2. The molecule has 6 heteroatoms. The first-order chi connectivity index (χ1) is 12.2. The van der Waals surface area contributed by atoms with Gasteiger partial charge in [0.05, 0.1) is 0 Å². The molecular formula is C19H22N4O2. The summed E-state index contributed by atoms with van der Waals surface area (Å²) in [6.07, 6.45) is 7.35. The Labute approximate surface area is 146 Å². The van der Waals surface area contributed by atoms with Crippen LogP contribution in [-0.2, 0) is 16.8 Å². The van der Waals surface area contributed by atoms with E-state index in [1.165, 1.54) is 0 Å². The molecule has 2 aliphatic rings. The second kappa shape index (κ2) is 6.44. The summed E-state index contributed by atoms with van der Waals surface area (Å²) in [4.78, 5) is 25.3. The number of hydrogen-bond donors (Lipinski definition) is 2. The van der Waals surface area contributed by atoms with Gasteiger partial charge in [-0.2, -0.15) is 5.10 Å². The summed E-state index contributed by atoms with van der Waals surface area (Å²) in [6.45, 7) is 1.55. The zero-order valence-corrected chi connectivity index (χ0v) is 14.1. The number of ketones is 1. The van der Waals surface area contributed by atoms with Gasteiger partial charge >= 0.3 is 0 Å². The first-order valence-corrected chi connectivity index (χ1v) is 8.87. The lowest BCUT2D eigenvalue weighted by Gasteiger charge is -2.36. The van der Waals surface area contributed by atoms with Crippen LogP contribution >= 0.6 is 0 Å². The molecule has 1 saturated heterocycles. The third-order valence-corrected chi connectivity index (χ3v) is 5.31. The van der Waals surface area contributed by atoms with Crippen LogP contribution in [-0.4, -0.2) is 34.6 Å². The standard InChI is InChI=1S/C19H22N4O2/c24-17-4-1-3-14-5-6-15(13-16(14)17)22-18(25)19(7-10-20-11-8-19)23-12-2-9-21-23/h2,5-6,9,12-13,20H,1,3-4,7-8,10-11H2,(H,22,25). The molecule has 6 nitrogen and oxygen atoms in total. The molecule has 2 N–H and O–H groups in total. The van der Waals surface area contributed by atoms with Gasteiger partial charge in [0.1, 0.15) is 5.54 Å². The summed E-state index contributed by atoms with van der Waals surface area (Å²) in [5, 5.41) is 10.7. The van der Waals surface area contributed by atoms with E-state index < -0.39 is 5.54 Å². The highest BCUT2D eigenvalue weighted by molar-refractivity contribution is 6.01. The van der Waals surface area contributed by atoms with Crippen molar-refractivity contribution in [3.8, 4) is 0 Å². The first-order valence-electron chi connectivity index (χ1n) is 8.87. The van der Waals surface area contributed by atoms with E-state index >= 15 is 0 Å². The normalized spacial score (nSPS) is 19.3. The van der Waals surface area contributed by atoms with Gasteiger partial charge in [0.15, 0.2) is 5.78 Å². The average molecular weight is 338 g/mol. The predicted molar refractivity (Wildman–Crippen MR) is 94.6 cm³/mol. The SMILES string of the molecule is O=C1CCCc2ccc(NC(=O)C3(n4cccn4)CCNCC3)cc21. The van der Waals surface area contributed by atoms with Gasteiger partial charge in [-0.05, 0) is 62.5 Å². The van der Waals surface area contributed by atoms with Crippen molar-refractivity contribution in [2.45, 2.75) is 37.6 Å². The van der Waals surface area contributed by atoms with Gasteiger partial charge in [-0.25, -0.2) is 0 Å². The minimum atomic E-state index is -0.686. The van der Waals surface area contributed by atoms with E-state index in [1.807, 2.05) is 30.5 Å². The number of carbonyl (C=O) groups is 2. The van der Waals surface area contributed by atoms with Gasteiger partial charge in [0.25, 0.3) is 5.91 Å². The third kappa shape index (κ3) is 2.87. The number of rotatable bonds is 3. The number of piperidine rings is 1. The molecular weight excluding hydrogens is 316 g/mol. The number of nitrogens with zero attached hydrogens (tertiary/aromatic N) is 2. The van der Waals surface area contributed by atoms with Crippen molar-refractivity contribution < 1.29 is 9.59 Å². The van der Waals surface area contributed by atoms with E-state index in [4.69, 9.17) is 0 Å². The van der Waals surface area contributed by atoms with Crippen molar-refractivity contribution in [2.24, 2.45) is 0 Å². The molecule has 0 bridgehead atoms. The summed E-state index contributed by atoms with van der Waals surface area (Å²) in [6, 6.07) is 7.53. The maximum atomic E-state index is 13.2. The van der Waals surface area contributed by atoms with Crippen molar-refractivity contribution in [2.75, 3.05) is 18.4 Å². The molecule has 0 spiro atoms. The third-order valence-electron chi connectivity index (χ3n) is 5.31. The smallest absolute Gasteiger partial charge is 0.252 e. The van der Waals surface area contributed by atoms with Gasteiger partial charge in [-0.1, -0.05) is 6.07 Å². The Morgan fingerprint density at radius 1 is 1.24 bits per heavy atom. The van der Waals surface area contributed by atoms with Crippen molar-refractivity contribution in [1.82, 2.24) is 15.1 Å². The Kier molecular flexibility index (Phi) is 4.13. The van der Waals surface area contributed by atoms with Crippen molar-refractivity contribution in [3.05, 3.63) is 47.8 Å². The molecule has 1 aliphatic heterocycles. The summed E-state index contributed by atoms with van der Waals surface area (Å²) in [5.41, 5.74) is 1.83. The second-order valence-corrected chi connectivity index (χ2v) is 6.83. The topological polar surface area (TPSA) is 76.0 Å². The first kappa shape index (κ1) is 16.0. The zero-order chi connectivity index (χ0) is 17.3. The average Bonchev–Trinajstić information content (AvgIpc) is 3.18. The van der Waals surface area contributed by atoms with Crippen LogP contribution in [0.1, 0.15) is 41.6 Å². The fourth-order valence-electron chi connectivity index (χ4n) is 3.88. The Bertz CT molecular complexity index is 792. The summed E-state index contributed by atoms with van der Waals surface area (Å²) in [5.74, 6) is 0.0990. The number of benzene rings is 1. The Balaban J connectivity index is 1.62. The van der Waals surface area contributed by atoms with E-state index in [2.05, 4.69) is 15.7 Å². The highest BCUT2D eigenvalue weighted by Gasteiger charge is 2.42. The lowest BCUT2D eigenvalue weighted by molar-refractivity contribution is -0.126. The molecule has 2 aromatic rings. The van der Waals surface area contributed by atoms with E-state index in [-0.39, 0.29) is 11.7 Å². The minimum absolute atomic E-state index is 0.0686. The van der Waals surface area contributed by atoms with Crippen LogP contribution in [0.25, 0.3) is 0 Å². The van der Waals surface area contributed by atoms with E-state index in [9.17, 15) is 9.59 Å². The number of anilines is 1. The maximum Gasteiger partial charge on any atom is 0.252 e. The van der Waals surface area contributed by atoms with Crippen LogP contribution in [0.2, 0.25) is 0 Å². The number of hydrogen-bond acceptors (Lipinski definition) is 4. The Morgan fingerprint density at radius 2 is 2.08 bits per heavy atom. The predicted octanol–water partition coefficient (Wildman–Crippen LogP) is 2.12. The Hall–Kier alpha value is -2.47. The van der Waals surface area contributed by atoms with Crippen LogP contribution in [0, 0.1) is 0 Å². The fourth-order valence-corrected chi connectivity index (χ4v) is 3.88. The number of Topliss-reactive ketones (excluding diaryl/α,β-unsaturated/α-hetero) is 1. The molecule has 1 aromatic carbocycles. The number of fused-ring (bicyclic) bond motifs is 1. The number of aryl methyl sites for hydroxylation is 1. The monoisotopic (exact) mass is 338 g/mol. The lowest BCUT2D eigenvalue weighted by atomic mass is 9.87. The van der Waals surface area contributed by atoms with Crippen LogP contribution in [0.3, 0.4) is 0 Å². The van der Waals surface area contributed by atoms with Gasteiger partial charge in [-0.3, -0.25) is 14.3 Å². The molecule has 130 valence electrons. The fraction of sp³-hybridized carbons (Fsp3) is 0.421. The molecule has 25 heavy (non-hydrogen) atoms. The second-order valence-electron chi connectivity index (χ2n) is 6.83. The van der Waals surface area contributed by atoms with Crippen LogP contribution in [0.15, 0.2) is 36.7 Å². The maximum absolute atomic E-state index is 13.2. The van der Waals surface area contributed by atoms with Crippen LogP contribution in [0.5, 0.6) is 0 Å². The molecule has 0 atom stereocenters.